The average Bonchev–Trinajstić information content (AvgIpc) is 2.73. The molecular weight excluding hydrogens is 390 g/mol. The average molecular weight is 424 g/mol. The molecule has 2 saturated heterocycles. The summed E-state index contributed by atoms with van der Waals surface area (Å²) in [5, 5.41) is 3.15. The van der Waals surface area contributed by atoms with E-state index in [-0.39, 0.29) is 17.4 Å². The highest BCUT2D eigenvalue weighted by atomic mass is 32.2. The Morgan fingerprint density at radius 1 is 1.21 bits per heavy atom. The third-order valence-corrected chi connectivity index (χ3v) is 7.77. The number of carbonyl (C=O) groups excluding carboxylic acids is 1. The normalized spacial score (nSPS) is 21.2. The van der Waals surface area contributed by atoms with Gasteiger partial charge in [-0.15, -0.1) is 0 Å². The van der Waals surface area contributed by atoms with Crippen LogP contribution in [0, 0.1) is 0 Å². The minimum Gasteiger partial charge on any atom is -0.381 e. The summed E-state index contributed by atoms with van der Waals surface area (Å²) in [4.78, 5) is 14.7. The first kappa shape index (κ1) is 22.2. The van der Waals surface area contributed by atoms with Gasteiger partial charge in [0.2, 0.25) is 15.9 Å². The number of likely N-dealkylation sites (tertiary alicyclic amines) is 1. The van der Waals surface area contributed by atoms with Crippen molar-refractivity contribution >= 4 is 15.9 Å². The van der Waals surface area contributed by atoms with E-state index >= 15 is 0 Å². The van der Waals surface area contributed by atoms with Crippen LogP contribution in [-0.2, 0) is 25.0 Å². The van der Waals surface area contributed by atoms with Gasteiger partial charge >= 0.3 is 0 Å². The van der Waals surface area contributed by atoms with Gasteiger partial charge in [-0.05, 0) is 31.2 Å². The second-order valence-corrected chi connectivity index (χ2v) is 10.4. The Balaban J connectivity index is 1.51. The quantitative estimate of drug-likeness (QED) is 0.713. The molecule has 0 radical (unpaired) electrons. The molecule has 7 nitrogen and oxygen atoms in total. The van der Waals surface area contributed by atoms with E-state index in [4.69, 9.17) is 4.74 Å². The van der Waals surface area contributed by atoms with Crippen molar-refractivity contribution in [2.75, 3.05) is 52.7 Å². The molecule has 2 fully saturated rings. The Kier molecular flexibility index (Phi) is 7.32. The minimum atomic E-state index is -3.17. The van der Waals surface area contributed by atoms with Crippen LogP contribution in [0.4, 0.5) is 0 Å². The number of rotatable bonds is 7. The van der Waals surface area contributed by atoms with Gasteiger partial charge in [-0.2, -0.15) is 0 Å². The minimum absolute atomic E-state index is 0.0212. The fraction of sp³-hybridized carbons (Fsp3) is 0.667. The number of nitrogens with one attached hydrogen (secondary N) is 1. The van der Waals surface area contributed by atoms with Crippen molar-refractivity contribution in [3.8, 4) is 0 Å². The summed E-state index contributed by atoms with van der Waals surface area (Å²) in [6, 6.07) is 10.4. The summed E-state index contributed by atoms with van der Waals surface area (Å²) in [5.74, 6) is 0.0294. The highest BCUT2D eigenvalue weighted by molar-refractivity contribution is 7.88. The summed E-state index contributed by atoms with van der Waals surface area (Å²) < 4.78 is 30.4. The highest BCUT2D eigenvalue weighted by Gasteiger charge is 2.35. The Morgan fingerprint density at radius 3 is 2.41 bits per heavy atom. The molecule has 29 heavy (non-hydrogen) atoms. The number of amides is 1. The molecule has 162 valence electrons. The molecule has 2 aliphatic rings. The van der Waals surface area contributed by atoms with E-state index in [2.05, 4.69) is 22.3 Å². The summed E-state index contributed by atoms with van der Waals surface area (Å²) in [5.41, 5.74) is 1.19. The van der Waals surface area contributed by atoms with E-state index in [1.165, 1.54) is 16.1 Å². The van der Waals surface area contributed by atoms with Gasteiger partial charge in [0.25, 0.3) is 0 Å². The van der Waals surface area contributed by atoms with Crippen LogP contribution in [0.5, 0.6) is 0 Å². The van der Waals surface area contributed by atoms with E-state index in [0.717, 1.165) is 38.8 Å². The Labute approximate surface area is 174 Å². The van der Waals surface area contributed by atoms with E-state index in [9.17, 15) is 13.2 Å². The van der Waals surface area contributed by atoms with Crippen molar-refractivity contribution in [1.29, 1.82) is 0 Å². The maximum Gasteiger partial charge on any atom is 0.234 e. The lowest BCUT2D eigenvalue weighted by atomic mass is 9.74. The third-order valence-electron chi connectivity index (χ3n) is 6.42. The molecule has 2 heterocycles. The summed E-state index contributed by atoms with van der Waals surface area (Å²) in [6.07, 6.45) is 4.55. The number of ether oxygens (including phenoxy) is 1. The molecule has 0 saturated carbocycles. The van der Waals surface area contributed by atoms with Gasteiger partial charge in [0.15, 0.2) is 0 Å². The SMILES string of the molecule is CN(C1CCN(CC(=O)NCC2(c3ccccc3)CCOCC2)CC1)S(C)(=O)=O. The summed E-state index contributed by atoms with van der Waals surface area (Å²) >= 11 is 0. The fourth-order valence-electron chi connectivity index (χ4n) is 4.36. The molecule has 0 atom stereocenters. The number of hydrogen-bond donors (Lipinski definition) is 1. The zero-order valence-electron chi connectivity index (χ0n) is 17.5. The molecule has 1 aromatic rings. The van der Waals surface area contributed by atoms with E-state index in [0.29, 0.717) is 26.3 Å². The number of sulfonamides is 1. The van der Waals surface area contributed by atoms with Crippen LogP contribution < -0.4 is 5.32 Å². The van der Waals surface area contributed by atoms with Crippen molar-refractivity contribution < 1.29 is 17.9 Å². The van der Waals surface area contributed by atoms with Gasteiger partial charge in [0, 0.05) is 51.4 Å². The molecule has 3 rings (SSSR count). The Hall–Kier alpha value is -1.48. The van der Waals surface area contributed by atoms with Crippen molar-refractivity contribution in [3.05, 3.63) is 35.9 Å². The third kappa shape index (κ3) is 5.78. The van der Waals surface area contributed by atoms with Gasteiger partial charge in [0.05, 0.1) is 12.8 Å². The number of carbonyl (C=O) groups is 1. The van der Waals surface area contributed by atoms with Crippen LogP contribution in [-0.4, -0.2) is 82.3 Å². The van der Waals surface area contributed by atoms with Gasteiger partial charge in [-0.1, -0.05) is 30.3 Å². The second-order valence-electron chi connectivity index (χ2n) is 8.32. The zero-order chi connectivity index (χ0) is 20.9. The van der Waals surface area contributed by atoms with Crippen molar-refractivity contribution in [3.63, 3.8) is 0 Å². The van der Waals surface area contributed by atoms with Gasteiger partial charge in [-0.3, -0.25) is 9.69 Å². The molecule has 2 aliphatic heterocycles. The number of piperidine rings is 1. The predicted octanol–water partition coefficient (Wildman–Crippen LogP) is 1.21. The topological polar surface area (TPSA) is 79.0 Å². The van der Waals surface area contributed by atoms with Crippen molar-refractivity contribution in [2.24, 2.45) is 0 Å². The zero-order valence-corrected chi connectivity index (χ0v) is 18.3. The van der Waals surface area contributed by atoms with Crippen LogP contribution in [0.3, 0.4) is 0 Å². The molecule has 1 aromatic carbocycles. The van der Waals surface area contributed by atoms with Gasteiger partial charge in [-0.25, -0.2) is 12.7 Å². The second kappa shape index (κ2) is 9.55. The molecule has 0 aliphatic carbocycles. The van der Waals surface area contributed by atoms with Crippen LogP contribution in [0.25, 0.3) is 0 Å². The molecule has 8 heteroatoms. The first-order chi connectivity index (χ1) is 13.8. The Morgan fingerprint density at radius 2 is 1.83 bits per heavy atom. The number of hydrogen-bond acceptors (Lipinski definition) is 5. The van der Waals surface area contributed by atoms with E-state index < -0.39 is 10.0 Å². The lowest BCUT2D eigenvalue weighted by molar-refractivity contribution is -0.123. The first-order valence-electron chi connectivity index (χ1n) is 10.4. The van der Waals surface area contributed by atoms with Crippen LogP contribution in [0.15, 0.2) is 30.3 Å². The van der Waals surface area contributed by atoms with E-state index in [1.54, 1.807) is 7.05 Å². The summed E-state index contributed by atoms with van der Waals surface area (Å²) in [6.45, 7) is 3.87. The van der Waals surface area contributed by atoms with Crippen molar-refractivity contribution in [2.45, 2.75) is 37.1 Å². The standard InChI is InChI=1S/C21H33N3O4S/c1-23(29(2,26)27)19-8-12-24(13-9-19)16-20(25)22-17-21(10-14-28-15-11-21)18-6-4-3-5-7-18/h3-7,19H,8-17H2,1-2H3,(H,22,25). The molecule has 0 unspecified atom stereocenters. The monoisotopic (exact) mass is 423 g/mol. The highest BCUT2D eigenvalue weighted by Crippen LogP contribution is 2.34. The van der Waals surface area contributed by atoms with Crippen LogP contribution in [0.1, 0.15) is 31.2 Å². The van der Waals surface area contributed by atoms with Crippen LogP contribution >= 0.6 is 0 Å². The maximum atomic E-state index is 12.6. The molecule has 0 spiro atoms. The molecule has 1 N–H and O–H groups in total. The van der Waals surface area contributed by atoms with E-state index in [1.807, 2.05) is 18.2 Å². The van der Waals surface area contributed by atoms with Gasteiger partial charge in [0.1, 0.15) is 0 Å². The lowest BCUT2D eigenvalue weighted by Gasteiger charge is -2.38. The smallest absolute Gasteiger partial charge is 0.234 e. The fourth-order valence-corrected chi connectivity index (χ4v) is 5.11. The van der Waals surface area contributed by atoms with Gasteiger partial charge < -0.3 is 10.1 Å². The molecular formula is C21H33N3O4S. The first-order valence-corrected chi connectivity index (χ1v) is 12.2. The Bertz CT molecular complexity index is 770. The largest absolute Gasteiger partial charge is 0.381 e. The predicted molar refractivity (Wildman–Crippen MR) is 113 cm³/mol. The number of nitrogens with zero attached hydrogens (tertiary/aromatic N) is 2. The molecule has 0 bridgehead atoms. The molecule has 0 aromatic heterocycles. The molecule has 1 amide bonds. The maximum absolute atomic E-state index is 12.6. The lowest BCUT2D eigenvalue weighted by Crippen LogP contribution is -2.50. The summed E-state index contributed by atoms with van der Waals surface area (Å²) in [7, 11) is -1.53. The van der Waals surface area contributed by atoms with Crippen LogP contribution in [0.2, 0.25) is 0 Å². The van der Waals surface area contributed by atoms with Crippen molar-refractivity contribution in [1.82, 2.24) is 14.5 Å². The number of benzene rings is 1.